The quantitative estimate of drug-likeness (QED) is 0.613. The maximum atomic E-state index is 12.2. The summed E-state index contributed by atoms with van der Waals surface area (Å²) in [6, 6.07) is 10.9. The molecule has 0 saturated carbocycles. The topological polar surface area (TPSA) is 64.6 Å². The molecule has 1 N–H and O–H groups in total. The first-order valence-corrected chi connectivity index (χ1v) is 8.43. The summed E-state index contributed by atoms with van der Waals surface area (Å²) in [5, 5.41) is 4.62. The summed E-state index contributed by atoms with van der Waals surface area (Å²) in [5.74, 6) is -0.409. The van der Waals surface area contributed by atoms with Gasteiger partial charge in [-0.2, -0.15) is 0 Å². The number of esters is 1. The fourth-order valence-electron chi connectivity index (χ4n) is 1.89. The Labute approximate surface area is 144 Å². The zero-order chi connectivity index (χ0) is 17.4. The Kier molecular flexibility index (Phi) is 6.57. The number of carbonyl (C=O) groups excluding carboxylic acids is 2. The van der Waals surface area contributed by atoms with Gasteiger partial charge >= 0.3 is 5.97 Å². The molecule has 2 rings (SSSR count). The molecule has 0 aliphatic rings. The molecule has 24 heavy (non-hydrogen) atoms. The Hall–Kier alpha value is -2.60. The van der Waals surface area contributed by atoms with Gasteiger partial charge < -0.3 is 14.8 Å². The number of carbonyl (C=O) groups is 2. The number of anilines is 1. The van der Waals surface area contributed by atoms with E-state index < -0.39 is 18.0 Å². The van der Waals surface area contributed by atoms with Crippen LogP contribution in [0.25, 0.3) is 6.08 Å². The largest absolute Gasteiger partial charge is 0.492 e. The van der Waals surface area contributed by atoms with Gasteiger partial charge in [-0.1, -0.05) is 18.2 Å². The third-order valence-corrected chi connectivity index (χ3v) is 3.87. The first kappa shape index (κ1) is 17.7. The minimum Gasteiger partial charge on any atom is -0.492 e. The molecule has 0 radical (unpaired) electrons. The van der Waals surface area contributed by atoms with Crippen molar-refractivity contribution in [3.05, 3.63) is 52.7 Å². The van der Waals surface area contributed by atoms with Crippen molar-refractivity contribution < 1.29 is 19.1 Å². The molecule has 5 nitrogen and oxygen atoms in total. The smallest absolute Gasteiger partial charge is 0.331 e. The molecular formula is C18H19NO4S. The van der Waals surface area contributed by atoms with E-state index in [1.54, 1.807) is 24.3 Å². The van der Waals surface area contributed by atoms with E-state index in [1.807, 2.05) is 30.5 Å². The Bertz CT molecular complexity index is 710. The summed E-state index contributed by atoms with van der Waals surface area (Å²) in [6.45, 7) is 3.88. The maximum absolute atomic E-state index is 12.2. The van der Waals surface area contributed by atoms with Crippen molar-refractivity contribution in [2.45, 2.75) is 20.0 Å². The second kappa shape index (κ2) is 8.88. The average molecular weight is 345 g/mol. The van der Waals surface area contributed by atoms with Crippen molar-refractivity contribution in [1.82, 2.24) is 0 Å². The van der Waals surface area contributed by atoms with E-state index in [9.17, 15) is 9.59 Å². The third kappa shape index (κ3) is 5.24. The van der Waals surface area contributed by atoms with Crippen molar-refractivity contribution in [3.8, 4) is 5.75 Å². The first-order valence-electron chi connectivity index (χ1n) is 7.55. The lowest BCUT2D eigenvalue weighted by Gasteiger charge is -2.14. The second-order valence-corrected chi connectivity index (χ2v) is 5.83. The van der Waals surface area contributed by atoms with Gasteiger partial charge in [-0.15, -0.1) is 11.3 Å². The molecule has 0 bridgehead atoms. The highest BCUT2D eigenvalue weighted by atomic mass is 32.1. The molecule has 0 spiro atoms. The van der Waals surface area contributed by atoms with Crippen LogP contribution in [0.4, 0.5) is 5.69 Å². The van der Waals surface area contributed by atoms with E-state index in [0.29, 0.717) is 18.0 Å². The number of para-hydroxylation sites is 2. The predicted octanol–water partition coefficient (Wildman–Crippen LogP) is 3.73. The molecule has 1 aromatic carbocycles. The number of amides is 1. The molecule has 1 amide bonds. The minimum absolute atomic E-state index is 0.417. The van der Waals surface area contributed by atoms with E-state index in [1.165, 1.54) is 24.3 Å². The van der Waals surface area contributed by atoms with Crippen LogP contribution >= 0.6 is 11.3 Å². The van der Waals surface area contributed by atoms with E-state index in [4.69, 9.17) is 9.47 Å². The average Bonchev–Trinajstić information content (AvgIpc) is 3.08. The summed E-state index contributed by atoms with van der Waals surface area (Å²) >= 11 is 1.51. The molecule has 0 saturated heterocycles. The maximum Gasteiger partial charge on any atom is 0.331 e. The van der Waals surface area contributed by atoms with Gasteiger partial charge in [-0.25, -0.2) is 4.79 Å². The number of nitrogens with one attached hydrogen (secondary N) is 1. The highest BCUT2D eigenvalue weighted by Crippen LogP contribution is 2.23. The number of thiophene rings is 1. The Morgan fingerprint density at radius 1 is 1.25 bits per heavy atom. The van der Waals surface area contributed by atoms with Gasteiger partial charge in [0, 0.05) is 11.0 Å². The van der Waals surface area contributed by atoms with Gasteiger partial charge in [0.25, 0.3) is 5.91 Å². The zero-order valence-corrected chi connectivity index (χ0v) is 14.3. The summed E-state index contributed by atoms with van der Waals surface area (Å²) in [4.78, 5) is 24.9. The van der Waals surface area contributed by atoms with Gasteiger partial charge in [0.05, 0.1) is 12.3 Å². The minimum atomic E-state index is -0.917. The highest BCUT2D eigenvalue weighted by molar-refractivity contribution is 7.10. The van der Waals surface area contributed by atoms with E-state index in [-0.39, 0.29) is 0 Å². The Balaban J connectivity index is 1.91. The van der Waals surface area contributed by atoms with Crippen LogP contribution in [0.3, 0.4) is 0 Å². The standard InChI is InChI=1S/C18H19NO4S/c1-3-22-16-9-5-4-8-15(16)19-18(21)13(2)23-17(20)11-10-14-7-6-12-24-14/h4-13H,3H2,1-2H3,(H,19,21)/b11-10+/t13-/m1/s1. The van der Waals surface area contributed by atoms with Crippen molar-refractivity contribution in [2.75, 3.05) is 11.9 Å². The van der Waals surface area contributed by atoms with E-state index in [0.717, 1.165) is 4.88 Å². The molecule has 126 valence electrons. The molecular weight excluding hydrogens is 326 g/mol. The lowest BCUT2D eigenvalue weighted by Crippen LogP contribution is -2.29. The van der Waals surface area contributed by atoms with Crippen LogP contribution in [0.2, 0.25) is 0 Å². The second-order valence-electron chi connectivity index (χ2n) is 4.85. The fourth-order valence-corrected chi connectivity index (χ4v) is 2.51. The van der Waals surface area contributed by atoms with E-state index in [2.05, 4.69) is 5.32 Å². The number of hydrogen-bond donors (Lipinski definition) is 1. The summed E-state index contributed by atoms with van der Waals surface area (Å²) in [6.07, 6.45) is 2.05. The predicted molar refractivity (Wildman–Crippen MR) is 95.1 cm³/mol. The van der Waals surface area contributed by atoms with Gasteiger partial charge in [0.15, 0.2) is 6.10 Å². The molecule has 1 heterocycles. The van der Waals surface area contributed by atoms with Crippen LogP contribution in [0.5, 0.6) is 5.75 Å². The fraction of sp³-hybridized carbons (Fsp3) is 0.222. The molecule has 0 unspecified atom stereocenters. The molecule has 0 fully saturated rings. The Morgan fingerprint density at radius 3 is 2.75 bits per heavy atom. The SMILES string of the molecule is CCOc1ccccc1NC(=O)[C@@H](C)OC(=O)/C=C/c1cccs1. The van der Waals surface area contributed by atoms with Gasteiger partial charge in [0.1, 0.15) is 5.75 Å². The molecule has 0 aliphatic heterocycles. The van der Waals surface area contributed by atoms with Crippen LogP contribution in [0, 0.1) is 0 Å². The van der Waals surface area contributed by atoms with Gasteiger partial charge in [-0.3, -0.25) is 4.79 Å². The lowest BCUT2D eigenvalue weighted by atomic mass is 10.2. The summed E-state index contributed by atoms with van der Waals surface area (Å²) in [5.41, 5.74) is 0.543. The molecule has 1 atom stereocenters. The van der Waals surface area contributed by atoms with Crippen molar-refractivity contribution in [3.63, 3.8) is 0 Å². The van der Waals surface area contributed by atoms with Crippen molar-refractivity contribution >= 4 is 35.0 Å². The first-order chi connectivity index (χ1) is 11.6. The van der Waals surface area contributed by atoms with Crippen molar-refractivity contribution in [1.29, 1.82) is 0 Å². The highest BCUT2D eigenvalue weighted by Gasteiger charge is 2.18. The van der Waals surface area contributed by atoms with E-state index >= 15 is 0 Å². The Morgan fingerprint density at radius 2 is 2.04 bits per heavy atom. The molecule has 0 aliphatic carbocycles. The van der Waals surface area contributed by atoms with Gasteiger partial charge in [-0.05, 0) is 43.5 Å². The number of rotatable bonds is 7. The molecule has 6 heteroatoms. The lowest BCUT2D eigenvalue weighted by molar-refractivity contribution is -0.148. The van der Waals surface area contributed by atoms with Crippen LogP contribution in [-0.4, -0.2) is 24.6 Å². The van der Waals surface area contributed by atoms with Gasteiger partial charge in [0.2, 0.25) is 0 Å². The number of benzene rings is 1. The molecule has 1 aromatic heterocycles. The van der Waals surface area contributed by atoms with Crippen LogP contribution in [0.15, 0.2) is 47.9 Å². The summed E-state index contributed by atoms with van der Waals surface area (Å²) < 4.78 is 10.6. The normalized spacial score (nSPS) is 11.9. The van der Waals surface area contributed by atoms with Crippen LogP contribution in [0.1, 0.15) is 18.7 Å². The van der Waals surface area contributed by atoms with Crippen LogP contribution in [-0.2, 0) is 14.3 Å². The third-order valence-electron chi connectivity index (χ3n) is 3.03. The van der Waals surface area contributed by atoms with Crippen molar-refractivity contribution in [2.24, 2.45) is 0 Å². The number of ether oxygens (including phenoxy) is 2. The van der Waals surface area contributed by atoms with Crippen LogP contribution < -0.4 is 10.1 Å². The zero-order valence-electron chi connectivity index (χ0n) is 13.5. The summed E-state index contributed by atoms with van der Waals surface area (Å²) in [7, 11) is 0. The number of hydrogen-bond acceptors (Lipinski definition) is 5. The molecule has 2 aromatic rings. The monoisotopic (exact) mass is 345 g/mol.